The van der Waals surface area contributed by atoms with Crippen LogP contribution in [0.1, 0.15) is 42.2 Å². The van der Waals surface area contributed by atoms with E-state index < -0.39 is 0 Å². The Morgan fingerprint density at radius 2 is 1.90 bits per heavy atom. The fourth-order valence-corrected chi connectivity index (χ4v) is 3.86. The third kappa shape index (κ3) is 6.77. The van der Waals surface area contributed by atoms with Crippen LogP contribution in [-0.2, 0) is 9.53 Å². The van der Waals surface area contributed by atoms with Crippen LogP contribution in [0.5, 0.6) is 0 Å². The minimum absolute atomic E-state index is 0.0285. The second-order valence-electron chi connectivity index (χ2n) is 7.58. The summed E-state index contributed by atoms with van der Waals surface area (Å²) in [5.41, 5.74) is 1.54. The molecule has 1 aromatic heterocycles. The molecule has 1 N–H and O–H groups in total. The molecule has 31 heavy (non-hydrogen) atoms. The van der Waals surface area contributed by atoms with Crippen LogP contribution in [0.3, 0.4) is 0 Å². The summed E-state index contributed by atoms with van der Waals surface area (Å²) in [6.45, 7) is 7.78. The van der Waals surface area contributed by atoms with Crippen molar-refractivity contribution in [2.75, 3.05) is 44.2 Å². The van der Waals surface area contributed by atoms with Crippen LogP contribution in [0, 0.1) is 0 Å². The van der Waals surface area contributed by atoms with Gasteiger partial charge in [-0.3, -0.25) is 9.69 Å². The van der Waals surface area contributed by atoms with Crippen molar-refractivity contribution in [2.45, 2.75) is 26.3 Å². The highest BCUT2D eigenvalue weighted by Gasteiger charge is 2.19. The molecule has 3 rings (SSSR count). The van der Waals surface area contributed by atoms with Gasteiger partial charge in [-0.1, -0.05) is 28.1 Å². The van der Waals surface area contributed by atoms with Gasteiger partial charge in [0, 0.05) is 36.8 Å². The van der Waals surface area contributed by atoms with Crippen molar-refractivity contribution in [3.05, 3.63) is 58.2 Å². The number of esters is 1. The largest absolute Gasteiger partial charge is 0.462 e. The molecule has 1 aliphatic rings. The lowest BCUT2D eigenvalue weighted by molar-refractivity contribution is -0.122. The second kappa shape index (κ2) is 11.2. The number of nitrogens with zero attached hydrogens (tertiary/aromatic N) is 3. The van der Waals surface area contributed by atoms with Crippen molar-refractivity contribution in [1.29, 1.82) is 0 Å². The maximum absolute atomic E-state index is 12.5. The van der Waals surface area contributed by atoms with Gasteiger partial charge in [0.25, 0.3) is 0 Å². The number of hydrogen-bond acceptors (Lipinski definition) is 6. The number of anilines is 1. The zero-order valence-electron chi connectivity index (χ0n) is 18.0. The summed E-state index contributed by atoms with van der Waals surface area (Å²) in [5.74, 6) is 0.510. The smallest absolute Gasteiger partial charge is 0.339 e. The van der Waals surface area contributed by atoms with Crippen LogP contribution in [0.4, 0.5) is 5.82 Å². The molecule has 1 atom stereocenters. The van der Waals surface area contributed by atoms with Crippen molar-refractivity contribution in [2.24, 2.45) is 0 Å². The maximum atomic E-state index is 12.5. The summed E-state index contributed by atoms with van der Waals surface area (Å²) in [4.78, 5) is 33.1. The second-order valence-corrected chi connectivity index (χ2v) is 8.50. The monoisotopic (exact) mass is 488 g/mol. The van der Waals surface area contributed by atoms with Crippen LogP contribution in [-0.4, -0.2) is 61.1 Å². The molecule has 0 bridgehead atoms. The van der Waals surface area contributed by atoms with Crippen molar-refractivity contribution >= 4 is 33.6 Å². The summed E-state index contributed by atoms with van der Waals surface area (Å²) in [5, 5.41) is 3.09. The first kappa shape index (κ1) is 23.2. The SMILES string of the molecule is CCOC(=O)c1ccc(N2CCCN(CC(=O)NC(C)c3ccc(Br)cc3)CC2)nc1. The first-order chi connectivity index (χ1) is 15.0. The molecule has 1 saturated heterocycles. The normalized spacial score (nSPS) is 15.8. The summed E-state index contributed by atoms with van der Waals surface area (Å²) in [6, 6.07) is 11.6. The van der Waals surface area contributed by atoms with Crippen LogP contribution < -0.4 is 10.2 Å². The van der Waals surface area contributed by atoms with E-state index in [2.05, 4.69) is 36.0 Å². The maximum Gasteiger partial charge on any atom is 0.339 e. The van der Waals surface area contributed by atoms with Gasteiger partial charge in [-0.2, -0.15) is 0 Å². The standard InChI is InChI=1S/C23H29BrN4O3/c1-3-31-23(30)19-7-10-21(25-15-19)28-12-4-11-27(13-14-28)16-22(29)26-17(2)18-5-8-20(24)9-6-18/h5-10,15,17H,3-4,11-14,16H2,1-2H3,(H,26,29). The minimum Gasteiger partial charge on any atom is -0.462 e. The average Bonchev–Trinajstić information content (AvgIpc) is 3.00. The molecule has 1 amide bonds. The molecule has 0 radical (unpaired) electrons. The third-order valence-electron chi connectivity index (χ3n) is 5.29. The van der Waals surface area contributed by atoms with Crippen LogP contribution in [0.2, 0.25) is 0 Å². The molecule has 166 valence electrons. The fourth-order valence-electron chi connectivity index (χ4n) is 3.59. The number of nitrogens with one attached hydrogen (secondary N) is 1. The molecule has 7 nitrogen and oxygen atoms in total. The van der Waals surface area contributed by atoms with E-state index in [0.717, 1.165) is 48.5 Å². The number of ether oxygens (including phenoxy) is 1. The lowest BCUT2D eigenvalue weighted by Crippen LogP contribution is -2.40. The topological polar surface area (TPSA) is 74.8 Å². The summed E-state index contributed by atoms with van der Waals surface area (Å²) < 4.78 is 6.03. The van der Waals surface area contributed by atoms with Crippen molar-refractivity contribution < 1.29 is 14.3 Å². The Balaban J connectivity index is 1.49. The van der Waals surface area contributed by atoms with E-state index in [0.29, 0.717) is 18.7 Å². The number of benzene rings is 1. The first-order valence-electron chi connectivity index (χ1n) is 10.6. The van der Waals surface area contributed by atoms with Gasteiger partial charge in [-0.05, 0) is 50.1 Å². The Bertz CT molecular complexity index is 873. The molecule has 8 heteroatoms. The zero-order chi connectivity index (χ0) is 22.2. The quantitative estimate of drug-likeness (QED) is 0.601. The summed E-state index contributed by atoms with van der Waals surface area (Å²) in [7, 11) is 0. The van der Waals surface area contributed by atoms with Crippen LogP contribution in [0.15, 0.2) is 47.1 Å². The van der Waals surface area contributed by atoms with E-state index in [-0.39, 0.29) is 17.9 Å². The molecule has 0 spiro atoms. The van der Waals surface area contributed by atoms with E-state index in [1.165, 1.54) is 0 Å². The lowest BCUT2D eigenvalue weighted by Gasteiger charge is -2.23. The van der Waals surface area contributed by atoms with Gasteiger partial charge in [0.2, 0.25) is 5.91 Å². The van der Waals surface area contributed by atoms with E-state index >= 15 is 0 Å². The number of amides is 1. The Labute approximate surface area is 191 Å². The predicted molar refractivity (Wildman–Crippen MR) is 124 cm³/mol. The fraction of sp³-hybridized carbons (Fsp3) is 0.435. The number of rotatable bonds is 7. The molecule has 1 aliphatic heterocycles. The number of carbonyl (C=O) groups excluding carboxylic acids is 2. The highest BCUT2D eigenvalue weighted by molar-refractivity contribution is 9.10. The zero-order valence-corrected chi connectivity index (χ0v) is 19.6. The van der Waals surface area contributed by atoms with E-state index in [4.69, 9.17) is 4.74 Å². The Morgan fingerprint density at radius 1 is 1.13 bits per heavy atom. The number of hydrogen-bond donors (Lipinski definition) is 1. The Morgan fingerprint density at radius 3 is 2.58 bits per heavy atom. The Hall–Kier alpha value is -2.45. The van der Waals surface area contributed by atoms with E-state index in [1.54, 1.807) is 19.2 Å². The molecule has 2 heterocycles. The highest BCUT2D eigenvalue weighted by Crippen LogP contribution is 2.17. The van der Waals surface area contributed by atoms with E-state index in [1.807, 2.05) is 37.3 Å². The average molecular weight is 489 g/mol. The third-order valence-corrected chi connectivity index (χ3v) is 5.81. The summed E-state index contributed by atoms with van der Waals surface area (Å²) >= 11 is 3.43. The Kier molecular flexibility index (Phi) is 8.43. The molecule has 1 aromatic carbocycles. The van der Waals surface area contributed by atoms with Gasteiger partial charge >= 0.3 is 5.97 Å². The minimum atomic E-state index is -0.355. The van der Waals surface area contributed by atoms with E-state index in [9.17, 15) is 9.59 Å². The number of aromatic nitrogens is 1. The molecular weight excluding hydrogens is 460 g/mol. The molecule has 0 aliphatic carbocycles. The molecule has 1 fully saturated rings. The molecule has 1 unspecified atom stereocenters. The molecule has 2 aromatic rings. The summed E-state index contributed by atoms with van der Waals surface area (Å²) in [6.07, 6.45) is 2.50. The van der Waals surface area contributed by atoms with Crippen LogP contribution in [0.25, 0.3) is 0 Å². The predicted octanol–water partition coefficient (Wildman–Crippen LogP) is 3.41. The number of pyridine rings is 1. The lowest BCUT2D eigenvalue weighted by atomic mass is 10.1. The molecular formula is C23H29BrN4O3. The number of halogens is 1. The number of carbonyl (C=O) groups is 2. The van der Waals surface area contributed by atoms with Gasteiger partial charge in [0.1, 0.15) is 5.82 Å². The van der Waals surface area contributed by atoms with Gasteiger partial charge in [-0.15, -0.1) is 0 Å². The first-order valence-corrected chi connectivity index (χ1v) is 11.4. The van der Waals surface area contributed by atoms with Gasteiger partial charge in [0.15, 0.2) is 0 Å². The van der Waals surface area contributed by atoms with Gasteiger partial charge in [-0.25, -0.2) is 9.78 Å². The molecule has 0 saturated carbocycles. The van der Waals surface area contributed by atoms with Gasteiger partial charge < -0.3 is 15.0 Å². The van der Waals surface area contributed by atoms with Crippen molar-refractivity contribution in [1.82, 2.24) is 15.2 Å². The van der Waals surface area contributed by atoms with Crippen molar-refractivity contribution in [3.63, 3.8) is 0 Å². The van der Waals surface area contributed by atoms with Crippen molar-refractivity contribution in [3.8, 4) is 0 Å². The highest BCUT2D eigenvalue weighted by atomic mass is 79.9. The van der Waals surface area contributed by atoms with Gasteiger partial charge in [0.05, 0.1) is 24.8 Å². The van der Waals surface area contributed by atoms with Crippen LogP contribution >= 0.6 is 15.9 Å².